The number of halogens is 1. The average molecular weight is 350 g/mol. The van der Waals surface area contributed by atoms with Gasteiger partial charge in [0.05, 0.1) is 0 Å². The maximum atomic E-state index is 12.4. The fourth-order valence-corrected chi connectivity index (χ4v) is 3.71. The van der Waals surface area contributed by atoms with Crippen LogP contribution < -0.4 is 10.0 Å². The molecule has 0 aliphatic rings. The third-order valence-electron chi connectivity index (χ3n) is 2.76. The van der Waals surface area contributed by atoms with Crippen LogP contribution in [0.2, 0.25) is 0 Å². The van der Waals surface area contributed by atoms with Crippen molar-refractivity contribution in [2.45, 2.75) is 44.6 Å². The average Bonchev–Trinajstić information content (AvgIpc) is 2.38. The number of pyridine rings is 1. The summed E-state index contributed by atoms with van der Waals surface area (Å²) in [4.78, 5) is 4.29. The summed E-state index contributed by atoms with van der Waals surface area (Å²) in [5.41, 5.74) is 0. The highest BCUT2D eigenvalue weighted by Gasteiger charge is 2.22. The van der Waals surface area contributed by atoms with Crippen LogP contribution in [0, 0.1) is 0 Å². The predicted octanol–water partition coefficient (Wildman–Crippen LogP) is 2.74. The van der Waals surface area contributed by atoms with Crippen molar-refractivity contribution in [3.8, 4) is 0 Å². The van der Waals surface area contributed by atoms with Gasteiger partial charge in [-0.05, 0) is 41.8 Å². The summed E-state index contributed by atoms with van der Waals surface area (Å²) in [5, 5.41) is 2.97. The molecule has 0 atom stereocenters. The minimum Gasteiger partial charge on any atom is -0.369 e. The van der Waals surface area contributed by atoms with E-state index in [4.69, 9.17) is 0 Å². The molecule has 1 heterocycles. The van der Waals surface area contributed by atoms with Gasteiger partial charge in [0.2, 0.25) is 10.0 Å². The fourth-order valence-electron chi connectivity index (χ4n) is 1.66. The van der Waals surface area contributed by atoms with E-state index in [0.717, 1.165) is 12.8 Å². The SMILES string of the molecule is CCNc1ncc(Br)cc1S(=O)(=O)NC(CC)CC. The molecule has 0 bridgehead atoms. The predicted molar refractivity (Wildman–Crippen MR) is 80.8 cm³/mol. The molecule has 0 unspecified atom stereocenters. The minimum absolute atomic E-state index is 0.0570. The van der Waals surface area contributed by atoms with E-state index in [-0.39, 0.29) is 10.9 Å². The first-order valence-electron chi connectivity index (χ1n) is 6.36. The molecule has 0 radical (unpaired) electrons. The van der Waals surface area contributed by atoms with E-state index in [1.54, 1.807) is 12.3 Å². The third kappa shape index (κ3) is 4.43. The summed E-state index contributed by atoms with van der Waals surface area (Å²) in [6.45, 7) is 6.43. The Balaban J connectivity index is 3.15. The van der Waals surface area contributed by atoms with Crippen LogP contribution in [-0.4, -0.2) is 26.0 Å². The van der Waals surface area contributed by atoms with Gasteiger partial charge >= 0.3 is 0 Å². The van der Waals surface area contributed by atoms with Crippen molar-refractivity contribution in [3.63, 3.8) is 0 Å². The van der Waals surface area contributed by atoms with E-state index in [2.05, 4.69) is 31.0 Å². The standard InChI is InChI=1S/C12H20BrN3O2S/c1-4-10(5-2)16-19(17,18)11-7-9(13)8-15-12(11)14-6-3/h7-8,10,16H,4-6H2,1-3H3,(H,14,15). The van der Waals surface area contributed by atoms with Gasteiger partial charge in [-0.3, -0.25) is 0 Å². The summed E-state index contributed by atoms with van der Waals surface area (Å²) in [6.07, 6.45) is 3.09. The van der Waals surface area contributed by atoms with Gasteiger partial charge in [0.15, 0.2) is 0 Å². The summed E-state index contributed by atoms with van der Waals surface area (Å²) in [7, 11) is -3.56. The van der Waals surface area contributed by atoms with Gasteiger partial charge in [-0.15, -0.1) is 0 Å². The number of nitrogens with zero attached hydrogens (tertiary/aromatic N) is 1. The first-order valence-corrected chi connectivity index (χ1v) is 8.63. The Hall–Kier alpha value is -0.660. The van der Waals surface area contributed by atoms with Crippen LogP contribution in [0.5, 0.6) is 0 Å². The molecule has 19 heavy (non-hydrogen) atoms. The Bertz CT molecular complexity index is 516. The minimum atomic E-state index is -3.56. The Morgan fingerprint density at radius 1 is 1.32 bits per heavy atom. The van der Waals surface area contributed by atoms with E-state index < -0.39 is 10.0 Å². The summed E-state index contributed by atoms with van der Waals surface area (Å²) in [5.74, 6) is 0.379. The second kappa shape index (κ2) is 7.21. The zero-order valence-corrected chi connectivity index (χ0v) is 13.8. The first kappa shape index (κ1) is 16.4. The van der Waals surface area contributed by atoms with Crippen molar-refractivity contribution < 1.29 is 8.42 Å². The second-order valence-corrected chi connectivity index (χ2v) is 6.76. The van der Waals surface area contributed by atoms with Crippen LogP contribution in [0.15, 0.2) is 21.6 Å². The summed E-state index contributed by atoms with van der Waals surface area (Å²) < 4.78 is 28.1. The van der Waals surface area contributed by atoms with E-state index in [1.165, 1.54) is 0 Å². The van der Waals surface area contributed by atoms with Crippen LogP contribution >= 0.6 is 15.9 Å². The fraction of sp³-hybridized carbons (Fsp3) is 0.583. The molecule has 5 nitrogen and oxygen atoms in total. The maximum absolute atomic E-state index is 12.4. The Morgan fingerprint density at radius 2 is 1.95 bits per heavy atom. The molecule has 7 heteroatoms. The smallest absolute Gasteiger partial charge is 0.244 e. The van der Waals surface area contributed by atoms with Crippen molar-refractivity contribution in [2.75, 3.05) is 11.9 Å². The lowest BCUT2D eigenvalue weighted by atomic mass is 10.2. The highest BCUT2D eigenvalue weighted by molar-refractivity contribution is 9.10. The van der Waals surface area contributed by atoms with Gasteiger partial charge in [0, 0.05) is 23.3 Å². The van der Waals surface area contributed by atoms with Crippen LogP contribution in [0.4, 0.5) is 5.82 Å². The molecule has 0 saturated heterocycles. The lowest BCUT2D eigenvalue weighted by Crippen LogP contribution is -2.34. The molecule has 0 amide bonds. The molecular weight excluding hydrogens is 330 g/mol. The number of hydrogen-bond donors (Lipinski definition) is 2. The molecule has 0 aliphatic carbocycles. The zero-order chi connectivity index (χ0) is 14.5. The van der Waals surface area contributed by atoms with Crippen molar-refractivity contribution in [3.05, 3.63) is 16.7 Å². The molecule has 1 aromatic heterocycles. The van der Waals surface area contributed by atoms with E-state index in [1.807, 2.05) is 20.8 Å². The van der Waals surface area contributed by atoms with Gasteiger partial charge in [0.1, 0.15) is 10.7 Å². The number of anilines is 1. The molecule has 2 N–H and O–H groups in total. The van der Waals surface area contributed by atoms with E-state index in [9.17, 15) is 8.42 Å². The summed E-state index contributed by atoms with van der Waals surface area (Å²) in [6, 6.07) is 1.51. The lowest BCUT2D eigenvalue weighted by Gasteiger charge is -2.17. The molecule has 0 aliphatic heterocycles. The van der Waals surface area contributed by atoms with E-state index >= 15 is 0 Å². The second-order valence-electron chi connectivity index (χ2n) is 4.17. The zero-order valence-electron chi connectivity index (χ0n) is 11.4. The van der Waals surface area contributed by atoms with Gasteiger partial charge < -0.3 is 5.32 Å². The number of rotatable bonds is 7. The monoisotopic (exact) mass is 349 g/mol. The molecule has 0 spiro atoms. The molecule has 108 valence electrons. The van der Waals surface area contributed by atoms with E-state index in [0.29, 0.717) is 16.8 Å². The largest absolute Gasteiger partial charge is 0.369 e. The Morgan fingerprint density at radius 3 is 2.47 bits per heavy atom. The maximum Gasteiger partial charge on any atom is 0.244 e. The van der Waals surface area contributed by atoms with Crippen LogP contribution in [0.25, 0.3) is 0 Å². The lowest BCUT2D eigenvalue weighted by molar-refractivity contribution is 0.530. The number of sulfonamides is 1. The van der Waals surface area contributed by atoms with Crippen LogP contribution in [0.1, 0.15) is 33.6 Å². The molecule has 1 aromatic rings. The first-order chi connectivity index (χ1) is 8.94. The normalized spacial score (nSPS) is 11.8. The highest BCUT2D eigenvalue weighted by Crippen LogP contribution is 2.23. The number of aromatic nitrogens is 1. The Labute approximate surface area is 123 Å². The highest BCUT2D eigenvalue weighted by atomic mass is 79.9. The van der Waals surface area contributed by atoms with Gasteiger partial charge in [-0.1, -0.05) is 13.8 Å². The molecule has 1 rings (SSSR count). The number of nitrogens with one attached hydrogen (secondary N) is 2. The van der Waals surface area contributed by atoms with Crippen LogP contribution in [0.3, 0.4) is 0 Å². The van der Waals surface area contributed by atoms with Gasteiger partial charge in [0.25, 0.3) is 0 Å². The van der Waals surface area contributed by atoms with Gasteiger partial charge in [-0.2, -0.15) is 0 Å². The third-order valence-corrected chi connectivity index (χ3v) is 4.73. The molecular formula is C12H20BrN3O2S. The van der Waals surface area contributed by atoms with Gasteiger partial charge in [-0.25, -0.2) is 18.1 Å². The van der Waals surface area contributed by atoms with Crippen LogP contribution in [-0.2, 0) is 10.0 Å². The number of hydrogen-bond acceptors (Lipinski definition) is 4. The molecule has 0 saturated carbocycles. The molecule has 0 aromatic carbocycles. The van der Waals surface area contributed by atoms with Crippen molar-refractivity contribution in [2.24, 2.45) is 0 Å². The quantitative estimate of drug-likeness (QED) is 0.793. The van der Waals surface area contributed by atoms with Crippen molar-refractivity contribution >= 4 is 31.8 Å². The molecule has 0 fully saturated rings. The van der Waals surface area contributed by atoms with Crippen molar-refractivity contribution in [1.29, 1.82) is 0 Å². The topological polar surface area (TPSA) is 71.1 Å². The van der Waals surface area contributed by atoms with Crippen molar-refractivity contribution in [1.82, 2.24) is 9.71 Å². The Kier molecular flexibility index (Phi) is 6.22. The summed E-state index contributed by atoms with van der Waals surface area (Å²) >= 11 is 3.26.